The van der Waals surface area contributed by atoms with Crippen LogP contribution in [0.25, 0.3) is 123 Å². The molecule has 0 unspecified atom stereocenters. The molecule has 0 fully saturated rings. The van der Waals surface area contributed by atoms with Crippen molar-refractivity contribution in [3.05, 3.63) is 249 Å². The summed E-state index contributed by atoms with van der Waals surface area (Å²) < 4.78 is 4.82. The van der Waals surface area contributed by atoms with Crippen LogP contribution in [0.3, 0.4) is 0 Å². The fraction of sp³-hybridized carbons (Fsp3) is 0. The second-order valence-electron chi connectivity index (χ2n) is 17.2. The van der Waals surface area contributed by atoms with Crippen LogP contribution >= 0.6 is 0 Å². The lowest BCUT2D eigenvalue weighted by Gasteiger charge is -2.15. The van der Waals surface area contributed by atoms with Crippen LogP contribution in [0.2, 0.25) is 0 Å². The van der Waals surface area contributed by atoms with Gasteiger partial charge in [0.2, 0.25) is 0 Å². The van der Waals surface area contributed by atoms with Crippen LogP contribution in [-0.4, -0.2) is 24.1 Å². The third-order valence-corrected chi connectivity index (χ3v) is 13.2. The van der Waals surface area contributed by atoms with Gasteiger partial charge in [0.1, 0.15) is 0 Å². The van der Waals surface area contributed by atoms with Gasteiger partial charge in [-0.05, 0) is 88.0 Å². The quantitative estimate of drug-likeness (QED) is 0.153. The summed E-state index contributed by atoms with van der Waals surface area (Å²) in [5, 5.41) is 4.78. The van der Waals surface area contributed by atoms with E-state index in [1.165, 1.54) is 49.3 Å². The molecule has 13 rings (SSSR count). The molecule has 13 aromatic rings. The Morgan fingerprint density at radius 3 is 1.40 bits per heavy atom. The summed E-state index contributed by atoms with van der Waals surface area (Å²) in [6.07, 6.45) is 0. The van der Waals surface area contributed by atoms with E-state index in [0.717, 1.165) is 55.7 Å². The van der Waals surface area contributed by atoms with Crippen molar-refractivity contribution < 1.29 is 0 Å². The first-order valence-electron chi connectivity index (χ1n) is 23.0. The summed E-state index contributed by atoms with van der Waals surface area (Å²) in [7, 11) is 0. The molecule has 3 heterocycles. The topological polar surface area (TPSA) is 48.5 Å². The SMILES string of the molecule is c1ccc(-c2cccc(-c3nc(-c4ccccc4)nc(-c4ccccc4-n4c5ccccc5c5c(-c6cccc7c6c6ccc(-c8ccccc8)cc6n7-c6ccccc6)cccc54)n3)c2)cc1. The first-order chi connectivity index (χ1) is 33.7. The van der Waals surface area contributed by atoms with Crippen molar-refractivity contribution in [3.8, 4) is 78.9 Å². The maximum absolute atomic E-state index is 5.31. The smallest absolute Gasteiger partial charge is 0.166 e. The molecular weight excluding hydrogens is 827 g/mol. The van der Waals surface area contributed by atoms with E-state index in [4.69, 9.17) is 15.0 Å². The molecule has 0 N–H and O–H groups in total. The van der Waals surface area contributed by atoms with Crippen LogP contribution in [-0.2, 0) is 0 Å². The van der Waals surface area contributed by atoms with Gasteiger partial charge in [-0.25, -0.2) is 15.0 Å². The van der Waals surface area contributed by atoms with Gasteiger partial charge in [0, 0.05) is 43.9 Å². The maximum atomic E-state index is 5.31. The van der Waals surface area contributed by atoms with Crippen LogP contribution in [0.5, 0.6) is 0 Å². The Balaban J connectivity index is 1.03. The van der Waals surface area contributed by atoms with Gasteiger partial charge in [-0.2, -0.15) is 0 Å². The third kappa shape index (κ3) is 6.59. The summed E-state index contributed by atoms with van der Waals surface area (Å²) in [6.45, 7) is 0. The molecule has 0 bridgehead atoms. The molecule has 0 spiro atoms. The highest BCUT2D eigenvalue weighted by Crippen LogP contribution is 2.45. The van der Waals surface area contributed by atoms with E-state index in [1.807, 2.05) is 24.3 Å². The lowest BCUT2D eigenvalue weighted by molar-refractivity contribution is 1.06. The largest absolute Gasteiger partial charge is 0.309 e. The fourth-order valence-electron chi connectivity index (χ4n) is 10.1. The summed E-state index contributed by atoms with van der Waals surface area (Å²) in [4.78, 5) is 15.7. The number of benzene rings is 10. The minimum atomic E-state index is 0.602. The van der Waals surface area contributed by atoms with Crippen molar-refractivity contribution >= 4 is 43.6 Å². The number of hydrogen-bond donors (Lipinski definition) is 0. The molecule has 318 valence electrons. The summed E-state index contributed by atoms with van der Waals surface area (Å²) in [5.41, 5.74) is 16.4. The fourth-order valence-corrected chi connectivity index (χ4v) is 10.1. The molecule has 0 aliphatic heterocycles. The van der Waals surface area contributed by atoms with E-state index in [0.29, 0.717) is 17.5 Å². The van der Waals surface area contributed by atoms with Crippen molar-refractivity contribution in [2.75, 3.05) is 0 Å². The predicted octanol–water partition coefficient (Wildman–Crippen LogP) is 16.1. The lowest BCUT2D eigenvalue weighted by Crippen LogP contribution is -2.03. The van der Waals surface area contributed by atoms with Gasteiger partial charge < -0.3 is 9.13 Å². The molecule has 10 aromatic carbocycles. The van der Waals surface area contributed by atoms with Crippen molar-refractivity contribution in [1.82, 2.24) is 24.1 Å². The first kappa shape index (κ1) is 39.2. The van der Waals surface area contributed by atoms with Crippen molar-refractivity contribution in [2.45, 2.75) is 0 Å². The van der Waals surface area contributed by atoms with Crippen molar-refractivity contribution in [1.29, 1.82) is 0 Å². The molecule has 5 heteroatoms. The summed E-state index contributed by atoms with van der Waals surface area (Å²) in [5.74, 6) is 1.84. The minimum absolute atomic E-state index is 0.602. The molecule has 0 atom stereocenters. The summed E-state index contributed by atoms with van der Waals surface area (Å²) in [6, 6.07) is 88.2. The van der Waals surface area contributed by atoms with Crippen LogP contribution in [0.4, 0.5) is 0 Å². The zero-order valence-corrected chi connectivity index (χ0v) is 36.9. The molecule has 5 nitrogen and oxygen atoms in total. The Morgan fingerprint density at radius 1 is 0.250 bits per heavy atom. The molecule has 3 aromatic heterocycles. The van der Waals surface area contributed by atoms with Gasteiger partial charge in [0.15, 0.2) is 17.5 Å². The second-order valence-corrected chi connectivity index (χ2v) is 17.2. The zero-order chi connectivity index (χ0) is 45.0. The average molecular weight is 868 g/mol. The van der Waals surface area contributed by atoms with Crippen LogP contribution in [0.1, 0.15) is 0 Å². The average Bonchev–Trinajstić information content (AvgIpc) is 3.94. The van der Waals surface area contributed by atoms with Gasteiger partial charge in [-0.15, -0.1) is 0 Å². The number of hydrogen-bond acceptors (Lipinski definition) is 3. The third-order valence-electron chi connectivity index (χ3n) is 13.2. The molecule has 0 aliphatic carbocycles. The van der Waals surface area contributed by atoms with E-state index in [1.54, 1.807) is 0 Å². The van der Waals surface area contributed by atoms with Gasteiger partial charge in [0.25, 0.3) is 0 Å². The Kier molecular flexibility index (Phi) is 9.43. The molecule has 0 radical (unpaired) electrons. The normalized spacial score (nSPS) is 11.5. The monoisotopic (exact) mass is 867 g/mol. The van der Waals surface area contributed by atoms with E-state index < -0.39 is 0 Å². The van der Waals surface area contributed by atoms with E-state index in [2.05, 4.69) is 234 Å². The van der Waals surface area contributed by atoms with E-state index >= 15 is 0 Å². The Morgan fingerprint density at radius 2 is 0.706 bits per heavy atom. The Hall–Kier alpha value is -9.19. The highest BCUT2D eigenvalue weighted by molar-refractivity contribution is 6.22. The van der Waals surface area contributed by atoms with Crippen LogP contribution in [0, 0.1) is 0 Å². The zero-order valence-electron chi connectivity index (χ0n) is 36.9. The van der Waals surface area contributed by atoms with Crippen molar-refractivity contribution in [3.63, 3.8) is 0 Å². The van der Waals surface area contributed by atoms with E-state index in [-0.39, 0.29) is 0 Å². The highest BCUT2D eigenvalue weighted by atomic mass is 15.1. The van der Waals surface area contributed by atoms with E-state index in [9.17, 15) is 0 Å². The Bertz CT molecular complexity index is 4010. The standard InChI is InChI=1S/C63H41N5/c1-5-20-42(21-6-1)45-26-17-27-47(40-45)62-64-61(44-24-9-3-10-25-44)65-63(66-62)53-31-14-16-35-55(53)68-54-34-15-13-30-51(54)59-49(33-19-37-57(59)68)50-32-18-36-56-60(50)52-39-38-46(43-22-7-2-8-23-43)41-58(52)67(56)48-28-11-4-12-29-48/h1-41H. The number of fused-ring (bicyclic) bond motifs is 6. The maximum Gasteiger partial charge on any atom is 0.166 e. The second kappa shape index (κ2) is 16.4. The lowest BCUT2D eigenvalue weighted by atomic mass is 9.95. The number of aromatic nitrogens is 5. The molecule has 0 saturated carbocycles. The van der Waals surface area contributed by atoms with Crippen LogP contribution in [0.15, 0.2) is 249 Å². The highest BCUT2D eigenvalue weighted by Gasteiger charge is 2.23. The summed E-state index contributed by atoms with van der Waals surface area (Å²) >= 11 is 0. The first-order valence-corrected chi connectivity index (χ1v) is 23.0. The van der Waals surface area contributed by atoms with Crippen molar-refractivity contribution in [2.24, 2.45) is 0 Å². The molecule has 68 heavy (non-hydrogen) atoms. The van der Waals surface area contributed by atoms with Gasteiger partial charge in [-0.3, -0.25) is 0 Å². The van der Waals surface area contributed by atoms with Crippen LogP contribution < -0.4 is 0 Å². The molecule has 0 saturated heterocycles. The Labute approximate surface area is 393 Å². The molecule has 0 aliphatic rings. The predicted molar refractivity (Wildman–Crippen MR) is 281 cm³/mol. The number of nitrogens with zero attached hydrogens (tertiary/aromatic N) is 5. The van der Waals surface area contributed by atoms with Gasteiger partial charge in [0.05, 0.1) is 27.8 Å². The number of rotatable bonds is 8. The molecular formula is C63H41N5. The minimum Gasteiger partial charge on any atom is -0.309 e. The van der Waals surface area contributed by atoms with Gasteiger partial charge >= 0.3 is 0 Å². The number of para-hydroxylation sites is 3. The molecule has 0 amide bonds. The van der Waals surface area contributed by atoms with Gasteiger partial charge in [-0.1, -0.05) is 194 Å².